The lowest BCUT2D eigenvalue weighted by atomic mass is 9.83. The molecule has 0 spiro atoms. The number of aliphatic hydroxyl groups excluding tert-OH is 1. The van der Waals surface area contributed by atoms with Crippen LogP contribution >= 0.6 is 0 Å². The Morgan fingerprint density at radius 3 is 3.08 bits per heavy atom. The van der Waals surface area contributed by atoms with Crippen molar-refractivity contribution in [3.8, 4) is 0 Å². The molecule has 3 nitrogen and oxygen atoms in total. The highest BCUT2D eigenvalue weighted by atomic mass is 16.7. The van der Waals surface area contributed by atoms with Crippen LogP contribution in [0, 0.1) is 5.41 Å². The summed E-state index contributed by atoms with van der Waals surface area (Å²) in [6, 6.07) is 0. The Bertz CT molecular complexity index is 183. The van der Waals surface area contributed by atoms with Crippen LogP contribution < -0.4 is 0 Å². The summed E-state index contributed by atoms with van der Waals surface area (Å²) in [7, 11) is 0. The Morgan fingerprint density at radius 2 is 2.46 bits per heavy atom. The lowest BCUT2D eigenvalue weighted by Crippen LogP contribution is -2.28. The van der Waals surface area contributed by atoms with Gasteiger partial charge < -0.3 is 14.6 Å². The fourth-order valence-electron chi connectivity index (χ4n) is 2.65. The lowest BCUT2D eigenvalue weighted by Gasteiger charge is -2.23. The van der Waals surface area contributed by atoms with E-state index in [0.717, 1.165) is 19.3 Å². The van der Waals surface area contributed by atoms with Gasteiger partial charge in [0.15, 0.2) is 6.29 Å². The van der Waals surface area contributed by atoms with Crippen LogP contribution in [0.1, 0.15) is 32.6 Å². The second-order valence-electron chi connectivity index (χ2n) is 4.13. The monoisotopic (exact) mass is 186 g/mol. The van der Waals surface area contributed by atoms with Gasteiger partial charge in [-0.25, -0.2) is 0 Å². The van der Waals surface area contributed by atoms with E-state index >= 15 is 0 Å². The van der Waals surface area contributed by atoms with E-state index in [1.165, 1.54) is 6.42 Å². The highest BCUT2D eigenvalue weighted by Crippen LogP contribution is 2.49. The molecule has 2 fully saturated rings. The third-order valence-electron chi connectivity index (χ3n) is 3.38. The Balaban J connectivity index is 2.00. The standard InChI is InChI=1S/C10H18O3/c1-2-12-9-6-10(7-11)5-3-4-8(10)13-9/h8-9,11H,2-7H2,1H3/t8-,9?,10-/m0/s1. The maximum atomic E-state index is 9.38. The third-order valence-corrected chi connectivity index (χ3v) is 3.38. The van der Waals surface area contributed by atoms with Gasteiger partial charge in [0.25, 0.3) is 0 Å². The summed E-state index contributed by atoms with van der Waals surface area (Å²) >= 11 is 0. The maximum absolute atomic E-state index is 9.38. The molecule has 0 aromatic rings. The summed E-state index contributed by atoms with van der Waals surface area (Å²) in [6.45, 7) is 2.92. The number of ether oxygens (including phenoxy) is 2. The Hall–Kier alpha value is -0.120. The molecule has 13 heavy (non-hydrogen) atoms. The van der Waals surface area contributed by atoms with Crippen molar-refractivity contribution in [3.63, 3.8) is 0 Å². The zero-order chi connectivity index (χ0) is 9.31. The molecule has 1 saturated heterocycles. The second kappa shape index (κ2) is 3.56. The molecule has 1 N–H and O–H groups in total. The van der Waals surface area contributed by atoms with Crippen molar-refractivity contribution >= 4 is 0 Å². The van der Waals surface area contributed by atoms with Gasteiger partial charge in [-0.1, -0.05) is 6.42 Å². The molecule has 1 aliphatic carbocycles. The summed E-state index contributed by atoms with van der Waals surface area (Å²) in [5, 5.41) is 9.38. The predicted molar refractivity (Wildman–Crippen MR) is 48.3 cm³/mol. The van der Waals surface area contributed by atoms with Crippen molar-refractivity contribution in [1.29, 1.82) is 0 Å². The number of rotatable bonds is 3. The van der Waals surface area contributed by atoms with Crippen molar-refractivity contribution in [2.75, 3.05) is 13.2 Å². The highest BCUT2D eigenvalue weighted by Gasteiger charge is 2.51. The third kappa shape index (κ3) is 1.49. The van der Waals surface area contributed by atoms with Crippen LogP contribution in [-0.4, -0.2) is 30.7 Å². The fourth-order valence-corrected chi connectivity index (χ4v) is 2.65. The van der Waals surface area contributed by atoms with Gasteiger partial charge in [-0.05, 0) is 19.8 Å². The Morgan fingerprint density at radius 1 is 1.62 bits per heavy atom. The van der Waals surface area contributed by atoms with E-state index in [1.54, 1.807) is 0 Å². The molecule has 0 aromatic heterocycles. The molecule has 1 unspecified atom stereocenters. The normalized spacial score (nSPS) is 43.8. The molecule has 3 atom stereocenters. The van der Waals surface area contributed by atoms with Crippen LogP contribution in [0.3, 0.4) is 0 Å². The SMILES string of the molecule is CCOC1C[C@]2(CO)CCC[C@@H]2O1. The zero-order valence-electron chi connectivity index (χ0n) is 8.16. The molecule has 0 radical (unpaired) electrons. The average molecular weight is 186 g/mol. The molecule has 1 heterocycles. The first kappa shape index (κ1) is 9.44. The van der Waals surface area contributed by atoms with Crippen LogP contribution in [0.15, 0.2) is 0 Å². The van der Waals surface area contributed by atoms with E-state index in [1.807, 2.05) is 6.92 Å². The van der Waals surface area contributed by atoms with Crippen molar-refractivity contribution in [1.82, 2.24) is 0 Å². The number of fused-ring (bicyclic) bond motifs is 1. The predicted octanol–water partition coefficient (Wildman–Crippen LogP) is 1.30. The zero-order valence-corrected chi connectivity index (χ0v) is 8.16. The molecule has 1 aliphatic heterocycles. The molecule has 0 aromatic carbocycles. The highest BCUT2D eigenvalue weighted by molar-refractivity contribution is 4.97. The van der Waals surface area contributed by atoms with E-state index in [4.69, 9.17) is 9.47 Å². The second-order valence-corrected chi connectivity index (χ2v) is 4.13. The van der Waals surface area contributed by atoms with Gasteiger partial charge in [0.1, 0.15) is 0 Å². The molecular formula is C10H18O3. The minimum absolute atomic E-state index is 0.0276. The lowest BCUT2D eigenvalue weighted by molar-refractivity contribution is -0.131. The van der Waals surface area contributed by atoms with Gasteiger partial charge in [0.2, 0.25) is 0 Å². The smallest absolute Gasteiger partial charge is 0.158 e. The van der Waals surface area contributed by atoms with Crippen molar-refractivity contribution < 1.29 is 14.6 Å². The fraction of sp³-hybridized carbons (Fsp3) is 1.00. The molecule has 3 heteroatoms. The van der Waals surface area contributed by atoms with Crippen LogP contribution in [-0.2, 0) is 9.47 Å². The first-order valence-electron chi connectivity index (χ1n) is 5.18. The first-order valence-corrected chi connectivity index (χ1v) is 5.18. The van der Waals surface area contributed by atoms with Gasteiger partial charge in [0, 0.05) is 18.4 Å². The minimum Gasteiger partial charge on any atom is -0.396 e. The largest absolute Gasteiger partial charge is 0.396 e. The Kier molecular flexibility index (Phi) is 2.58. The molecule has 0 bridgehead atoms. The number of hydrogen-bond donors (Lipinski definition) is 1. The van der Waals surface area contributed by atoms with E-state index in [9.17, 15) is 5.11 Å². The first-order chi connectivity index (χ1) is 6.30. The van der Waals surface area contributed by atoms with E-state index < -0.39 is 0 Å². The van der Waals surface area contributed by atoms with Crippen LogP contribution in [0.4, 0.5) is 0 Å². The summed E-state index contributed by atoms with van der Waals surface area (Å²) in [5.41, 5.74) is 0.0276. The quantitative estimate of drug-likeness (QED) is 0.722. The van der Waals surface area contributed by atoms with Gasteiger partial charge in [0.05, 0.1) is 12.7 Å². The molecule has 0 amide bonds. The molecule has 2 rings (SSSR count). The number of hydrogen-bond acceptors (Lipinski definition) is 3. The van der Waals surface area contributed by atoms with E-state index in [0.29, 0.717) is 6.61 Å². The van der Waals surface area contributed by atoms with Crippen molar-refractivity contribution in [3.05, 3.63) is 0 Å². The van der Waals surface area contributed by atoms with Crippen molar-refractivity contribution in [2.24, 2.45) is 5.41 Å². The van der Waals surface area contributed by atoms with E-state index in [2.05, 4.69) is 0 Å². The topological polar surface area (TPSA) is 38.7 Å². The van der Waals surface area contributed by atoms with Gasteiger partial charge in [-0.15, -0.1) is 0 Å². The van der Waals surface area contributed by atoms with Crippen LogP contribution in [0.2, 0.25) is 0 Å². The molecule has 2 aliphatic rings. The average Bonchev–Trinajstić information content (AvgIpc) is 2.61. The molecule has 76 valence electrons. The van der Waals surface area contributed by atoms with E-state index in [-0.39, 0.29) is 24.4 Å². The molecular weight excluding hydrogens is 168 g/mol. The summed E-state index contributed by atoms with van der Waals surface area (Å²) in [6.07, 6.45) is 4.42. The van der Waals surface area contributed by atoms with Gasteiger partial charge >= 0.3 is 0 Å². The summed E-state index contributed by atoms with van der Waals surface area (Å²) in [5.74, 6) is 0. The summed E-state index contributed by atoms with van der Waals surface area (Å²) < 4.78 is 11.2. The van der Waals surface area contributed by atoms with Crippen molar-refractivity contribution in [2.45, 2.75) is 45.0 Å². The minimum atomic E-state index is -0.0672. The van der Waals surface area contributed by atoms with Gasteiger partial charge in [-0.2, -0.15) is 0 Å². The summed E-state index contributed by atoms with van der Waals surface area (Å²) in [4.78, 5) is 0. The van der Waals surface area contributed by atoms with Gasteiger partial charge in [-0.3, -0.25) is 0 Å². The van der Waals surface area contributed by atoms with Crippen LogP contribution in [0.5, 0.6) is 0 Å². The molecule has 1 saturated carbocycles. The Labute approximate surface area is 79.0 Å². The maximum Gasteiger partial charge on any atom is 0.158 e. The van der Waals surface area contributed by atoms with Crippen LogP contribution in [0.25, 0.3) is 0 Å². The number of aliphatic hydroxyl groups is 1.